The molecule has 226 valence electrons. The fourth-order valence-corrected chi connectivity index (χ4v) is 8.24. The summed E-state index contributed by atoms with van der Waals surface area (Å²) in [6.07, 6.45) is 3.64. The van der Waals surface area contributed by atoms with Crippen LogP contribution in [0.1, 0.15) is 25.0 Å². The van der Waals surface area contributed by atoms with Crippen LogP contribution in [0.3, 0.4) is 0 Å². The summed E-state index contributed by atoms with van der Waals surface area (Å²) in [6.45, 7) is 4.79. The number of fused-ring (bicyclic) bond motifs is 12. The van der Waals surface area contributed by atoms with Gasteiger partial charge in [0.25, 0.3) is 0 Å². The third-order valence-electron chi connectivity index (χ3n) is 10.2. The molecule has 0 amide bonds. The van der Waals surface area contributed by atoms with Crippen LogP contribution in [0.2, 0.25) is 0 Å². The molecule has 1 aliphatic carbocycles. The third-order valence-corrected chi connectivity index (χ3v) is 10.2. The molecule has 4 aromatic heterocycles. The molecule has 4 heterocycles. The average molecular weight is 615 g/mol. The second-order valence-corrected chi connectivity index (χ2v) is 13.2. The van der Waals surface area contributed by atoms with Crippen molar-refractivity contribution in [1.29, 1.82) is 0 Å². The number of hydrogen-bond acceptors (Lipinski definition) is 3. The normalized spacial score (nSPS) is 13.4. The zero-order valence-electron chi connectivity index (χ0n) is 26.6. The third kappa shape index (κ3) is 3.68. The molecular weight excluding hydrogens is 585 g/mol. The van der Waals surface area contributed by atoms with Crippen LogP contribution in [0.15, 0.2) is 146 Å². The lowest BCUT2D eigenvalue weighted by molar-refractivity contribution is 0.667. The van der Waals surface area contributed by atoms with Crippen LogP contribution in [0.4, 0.5) is 0 Å². The van der Waals surface area contributed by atoms with E-state index in [9.17, 15) is 0 Å². The molecule has 0 saturated carbocycles. The molecule has 9 aromatic rings. The summed E-state index contributed by atoms with van der Waals surface area (Å²) in [4.78, 5) is 14.4. The van der Waals surface area contributed by atoms with E-state index in [1.54, 1.807) is 0 Å². The predicted octanol–water partition coefficient (Wildman–Crippen LogP) is 10.9. The van der Waals surface area contributed by atoms with Gasteiger partial charge in [-0.3, -0.25) is 9.97 Å². The van der Waals surface area contributed by atoms with E-state index >= 15 is 0 Å². The van der Waals surface area contributed by atoms with Crippen molar-refractivity contribution in [1.82, 2.24) is 19.5 Å². The van der Waals surface area contributed by atoms with E-state index in [1.807, 2.05) is 48.8 Å². The monoisotopic (exact) mass is 614 g/mol. The Morgan fingerprint density at radius 1 is 0.479 bits per heavy atom. The van der Waals surface area contributed by atoms with E-state index in [-0.39, 0.29) is 5.41 Å². The molecule has 48 heavy (non-hydrogen) atoms. The predicted molar refractivity (Wildman–Crippen MR) is 198 cm³/mol. The Bertz CT molecular complexity index is 2680. The second kappa shape index (κ2) is 9.93. The van der Waals surface area contributed by atoms with Gasteiger partial charge < -0.3 is 4.57 Å². The summed E-state index contributed by atoms with van der Waals surface area (Å²) in [6, 6.07) is 47.6. The topological polar surface area (TPSA) is 43.6 Å². The summed E-state index contributed by atoms with van der Waals surface area (Å²) in [7, 11) is 0. The second-order valence-electron chi connectivity index (χ2n) is 13.2. The molecule has 0 atom stereocenters. The number of aromatic nitrogens is 4. The molecule has 0 aliphatic heterocycles. The highest BCUT2D eigenvalue weighted by Crippen LogP contribution is 2.57. The quantitative estimate of drug-likeness (QED) is 0.186. The van der Waals surface area contributed by atoms with E-state index in [0.717, 1.165) is 34.0 Å². The van der Waals surface area contributed by atoms with Crippen LogP contribution in [0, 0.1) is 0 Å². The number of para-hydroxylation sites is 1. The maximum absolute atomic E-state index is 5.08. The first-order valence-corrected chi connectivity index (χ1v) is 16.5. The van der Waals surface area contributed by atoms with E-state index in [0.29, 0.717) is 0 Å². The molecule has 0 spiro atoms. The van der Waals surface area contributed by atoms with Gasteiger partial charge in [-0.2, -0.15) is 0 Å². The zero-order chi connectivity index (χ0) is 32.0. The van der Waals surface area contributed by atoms with Crippen molar-refractivity contribution in [3.05, 3.63) is 157 Å². The number of rotatable bonds is 3. The van der Waals surface area contributed by atoms with Crippen LogP contribution >= 0.6 is 0 Å². The lowest BCUT2D eigenvalue weighted by Crippen LogP contribution is -2.15. The summed E-state index contributed by atoms with van der Waals surface area (Å²) in [5, 5.41) is 7.77. The minimum Gasteiger partial charge on any atom is -0.309 e. The Hall–Kier alpha value is -6.13. The van der Waals surface area contributed by atoms with Crippen LogP contribution in [0.5, 0.6) is 0 Å². The molecule has 0 radical (unpaired) electrons. The Morgan fingerprint density at radius 3 is 1.69 bits per heavy atom. The summed E-state index contributed by atoms with van der Waals surface area (Å²) < 4.78 is 2.40. The van der Waals surface area contributed by atoms with Gasteiger partial charge in [0.05, 0.1) is 39.5 Å². The van der Waals surface area contributed by atoms with Gasteiger partial charge in [0, 0.05) is 28.6 Å². The number of pyridine rings is 3. The lowest BCUT2D eigenvalue weighted by Gasteiger charge is -2.24. The highest BCUT2D eigenvalue weighted by Gasteiger charge is 2.40. The summed E-state index contributed by atoms with van der Waals surface area (Å²) >= 11 is 0. The molecule has 4 heteroatoms. The fraction of sp³-hybridized carbons (Fsp3) is 0.0682. The average Bonchev–Trinajstić information content (AvgIpc) is 3.61. The molecule has 10 rings (SSSR count). The van der Waals surface area contributed by atoms with Gasteiger partial charge in [0.2, 0.25) is 0 Å². The van der Waals surface area contributed by atoms with Gasteiger partial charge in [-0.25, -0.2) is 4.98 Å². The van der Waals surface area contributed by atoms with E-state index < -0.39 is 0 Å². The van der Waals surface area contributed by atoms with Crippen LogP contribution in [0.25, 0.3) is 82.9 Å². The molecule has 0 saturated heterocycles. The maximum atomic E-state index is 5.08. The molecule has 0 N–H and O–H groups in total. The van der Waals surface area contributed by atoms with Gasteiger partial charge in [0.1, 0.15) is 0 Å². The number of nitrogens with zero attached hydrogens (tertiary/aromatic N) is 4. The Morgan fingerprint density at radius 2 is 1.04 bits per heavy atom. The van der Waals surface area contributed by atoms with E-state index in [4.69, 9.17) is 4.98 Å². The molecular formula is C44H30N4. The van der Waals surface area contributed by atoms with Gasteiger partial charge >= 0.3 is 0 Å². The fourth-order valence-electron chi connectivity index (χ4n) is 8.24. The Balaban J connectivity index is 1.35. The smallest absolute Gasteiger partial charge is 0.0915 e. The van der Waals surface area contributed by atoms with Crippen molar-refractivity contribution < 1.29 is 0 Å². The van der Waals surface area contributed by atoms with Crippen molar-refractivity contribution in [2.24, 2.45) is 0 Å². The number of benzene rings is 5. The molecule has 0 fully saturated rings. The lowest BCUT2D eigenvalue weighted by atomic mass is 9.79. The highest BCUT2D eigenvalue weighted by atomic mass is 15.0. The van der Waals surface area contributed by atoms with Gasteiger partial charge in [0.15, 0.2) is 0 Å². The molecule has 0 bridgehead atoms. The SMILES string of the molecule is CC1(C)c2ccc3c(c2-c2c1c1ccccc1c1ccccc21)c1ccccc1n3-c1cc(-c2ccccn2)nc(-c2ccccn2)c1. The van der Waals surface area contributed by atoms with Crippen molar-refractivity contribution in [2.45, 2.75) is 19.3 Å². The van der Waals surface area contributed by atoms with Crippen LogP contribution < -0.4 is 0 Å². The van der Waals surface area contributed by atoms with Crippen molar-refractivity contribution in [3.63, 3.8) is 0 Å². The molecule has 0 unspecified atom stereocenters. The first-order chi connectivity index (χ1) is 23.6. The molecule has 4 nitrogen and oxygen atoms in total. The summed E-state index contributed by atoms with van der Waals surface area (Å²) in [5.74, 6) is 0. The first kappa shape index (κ1) is 27.0. The molecule has 5 aromatic carbocycles. The van der Waals surface area contributed by atoms with Gasteiger partial charge in [-0.05, 0) is 92.3 Å². The van der Waals surface area contributed by atoms with E-state index in [2.05, 4.69) is 125 Å². The standard InChI is InChI=1S/C44H30N4/c1-44(2)33-21-22-39-40(42(33)41-30-15-5-3-13-28(30)29-14-4-6-16-31(29)43(41)44)32-17-7-8-20-38(32)48(39)27-25-36(34-18-9-11-23-45-34)47-37(26-27)35-19-10-12-24-46-35/h3-26H,1-2H3. The van der Waals surface area contributed by atoms with Crippen molar-refractivity contribution in [2.75, 3.05) is 0 Å². The zero-order valence-corrected chi connectivity index (χ0v) is 26.6. The largest absolute Gasteiger partial charge is 0.309 e. The Kier molecular flexibility index (Phi) is 5.59. The van der Waals surface area contributed by atoms with Crippen LogP contribution in [-0.2, 0) is 5.41 Å². The van der Waals surface area contributed by atoms with Gasteiger partial charge in [-0.1, -0.05) is 98.8 Å². The number of hydrogen-bond donors (Lipinski definition) is 0. The maximum Gasteiger partial charge on any atom is 0.0915 e. The van der Waals surface area contributed by atoms with Crippen LogP contribution in [-0.4, -0.2) is 19.5 Å². The van der Waals surface area contributed by atoms with Gasteiger partial charge in [-0.15, -0.1) is 0 Å². The van der Waals surface area contributed by atoms with Crippen molar-refractivity contribution >= 4 is 43.4 Å². The van der Waals surface area contributed by atoms with E-state index in [1.165, 1.54) is 60.1 Å². The minimum atomic E-state index is -0.180. The Labute approximate surface area is 278 Å². The minimum absolute atomic E-state index is 0.180. The summed E-state index contributed by atoms with van der Waals surface area (Å²) in [5.41, 5.74) is 11.9. The highest BCUT2D eigenvalue weighted by molar-refractivity contribution is 6.25. The van der Waals surface area contributed by atoms with Crippen molar-refractivity contribution in [3.8, 4) is 39.6 Å². The first-order valence-electron chi connectivity index (χ1n) is 16.5. The molecule has 1 aliphatic rings.